The predicted molar refractivity (Wildman–Crippen MR) is 93.9 cm³/mol. The van der Waals surface area contributed by atoms with Crippen LogP contribution in [0.1, 0.15) is 49.7 Å². The number of nitrogens with one attached hydrogen (secondary N) is 1. The van der Waals surface area contributed by atoms with Crippen LogP contribution < -0.4 is 5.32 Å². The number of alkyl halides is 4. The van der Waals surface area contributed by atoms with E-state index < -0.39 is 17.2 Å². The summed E-state index contributed by atoms with van der Waals surface area (Å²) in [6.45, 7) is 0.221. The van der Waals surface area contributed by atoms with E-state index in [1.165, 1.54) is 18.6 Å². The van der Waals surface area contributed by atoms with E-state index >= 15 is 0 Å². The van der Waals surface area contributed by atoms with Crippen molar-refractivity contribution in [3.63, 3.8) is 0 Å². The van der Waals surface area contributed by atoms with E-state index in [0.717, 1.165) is 31.7 Å². The predicted octanol–water partition coefficient (Wildman–Crippen LogP) is 4.94. The Kier molecular flexibility index (Phi) is 4.29. The lowest BCUT2D eigenvalue weighted by atomic mass is 9.49. The van der Waals surface area contributed by atoms with Gasteiger partial charge in [0.05, 0.1) is 11.0 Å². The van der Waals surface area contributed by atoms with Crippen LogP contribution in [0.2, 0.25) is 0 Å². The van der Waals surface area contributed by atoms with E-state index in [0.29, 0.717) is 18.3 Å². The summed E-state index contributed by atoms with van der Waals surface area (Å²) in [5, 5.41) is 2.92. The Morgan fingerprint density at radius 1 is 1.15 bits per heavy atom. The summed E-state index contributed by atoms with van der Waals surface area (Å²) < 4.78 is 39.2. The fourth-order valence-electron chi connectivity index (χ4n) is 5.93. The number of benzene rings is 1. The van der Waals surface area contributed by atoms with Gasteiger partial charge in [0.25, 0.3) is 0 Å². The van der Waals surface area contributed by atoms with Crippen LogP contribution in [-0.2, 0) is 17.4 Å². The van der Waals surface area contributed by atoms with Crippen LogP contribution in [0.25, 0.3) is 0 Å². The minimum absolute atomic E-state index is 0.0129. The number of halogens is 4. The Balaban J connectivity index is 1.41. The Morgan fingerprint density at radius 2 is 1.81 bits per heavy atom. The van der Waals surface area contributed by atoms with E-state index in [9.17, 15) is 18.0 Å². The van der Waals surface area contributed by atoms with E-state index in [1.54, 1.807) is 6.07 Å². The van der Waals surface area contributed by atoms with Crippen molar-refractivity contribution in [2.45, 2.75) is 56.0 Å². The maximum atomic E-state index is 13.1. The number of carbonyl (C=O) groups is 1. The molecule has 0 aliphatic heterocycles. The van der Waals surface area contributed by atoms with Crippen LogP contribution in [0.5, 0.6) is 0 Å². The van der Waals surface area contributed by atoms with Crippen LogP contribution >= 0.6 is 11.6 Å². The summed E-state index contributed by atoms with van der Waals surface area (Å²) in [6.07, 6.45) is 1.44. The molecule has 0 radical (unpaired) electrons. The van der Waals surface area contributed by atoms with Crippen molar-refractivity contribution in [3.8, 4) is 0 Å². The molecule has 4 aliphatic rings. The molecule has 4 aliphatic carbocycles. The summed E-state index contributed by atoms with van der Waals surface area (Å²) in [6, 6.07) is 5.56. The minimum Gasteiger partial charge on any atom is -0.355 e. The number of amides is 1. The van der Waals surface area contributed by atoms with Gasteiger partial charge >= 0.3 is 6.18 Å². The van der Waals surface area contributed by atoms with Gasteiger partial charge in [-0.25, -0.2) is 0 Å². The number of hydrogen-bond donors (Lipinski definition) is 1. The fraction of sp³-hybridized carbons (Fsp3) is 0.650. The van der Waals surface area contributed by atoms with Crippen molar-refractivity contribution >= 4 is 17.5 Å². The molecule has 1 aromatic rings. The van der Waals surface area contributed by atoms with Crippen LogP contribution in [-0.4, -0.2) is 17.3 Å². The molecular formula is C20H23ClF3NO. The third-order valence-electron chi connectivity index (χ3n) is 6.47. The molecule has 5 rings (SSSR count). The average Bonchev–Trinajstić information content (AvgIpc) is 2.52. The molecule has 1 amide bonds. The van der Waals surface area contributed by atoms with Crippen molar-refractivity contribution in [2.75, 3.05) is 6.54 Å². The molecule has 1 aromatic carbocycles. The highest BCUT2D eigenvalue weighted by Gasteiger charge is 2.59. The van der Waals surface area contributed by atoms with E-state index in [2.05, 4.69) is 5.32 Å². The second-order valence-electron chi connectivity index (χ2n) is 8.55. The van der Waals surface area contributed by atoms with Gasteiger partial charge in [0.2, 0.25) is 5.91 Å². The number of rotatable bonds is 4. The van der Waals surface area contributed by atoms with Crippen molar-refractivity contribution in [1.82, 2.24) is 5.32 Å². The molecule has 2 atom stereocenters. The first-order valence-electron chi connectivity index (χ1n) is 9.32. The molecule has 0 spiro atoms. The Morgan fingerprint density at radius 3 is 2.42 bits per heavy atom. The Labute approximate surface area is 156 Å². The first-order valence-corrected chi connectivity index (χ1v) is 9.69. The molecule has 142 valence electrons. The molecule has 0 heterocycles. The molecule has 26 heavy (non-hydrogen) atoms. The van der Waals surface area contributed by atoms with Crippen LogP contribution in [0, 0.1) is 17.3 Å². The molecular weight excluding hydrogens is 363 g/mol. The highest BCUT2D eigenvalue weighted by atomic mass is 35.5. The second-order valence-corrected chi connectivity index (χ2v) is 9.35. The molecule has 2 unspecified atom stereocenters. The molecule has 6 heteroatoms. The highest BCUT2D eigenvalue weighted by molar-refractivity contribution is 6.24. The monoisotopic (exact) mass is 385 g/mol. The first kappa shape index (κ1) is 18.1. The van der Waals surface area contributed by atoms with Crippen LogP contribution in [0.3, 0.4) is 0 Å². The highest BCUT2D eigenvalue weighted by Crippen LogP contribution is 2.63. The van der Waals surface area contributed by atoms with Crippen LogP contribution in [0.15, 0.2) is 24.3 Å². The third kappa shape index (κ3) is 3.23. The van der Waals surface area contributed by atoms with Gasteiger partial charge in [0, 0.05) is 11.4 Å². The van der Waals surface area contributed by atoms with Gasteiger partial charge in [-0.3, -0.25) is 4.79 Å². The molecule has 0 saturated heterocycles. The topological polar surface area (TPSA) is 29.1 Å². The third-order valence-corrected chi connectivity index (χ3v) is 6.92. The Hall–Kier alpha value is -1.23. The first-order chi connectivity index (χ1) is 12.2. The lowest BCUT2D eigenvalue weighted by Crippen LogP contribution is -2.58. The zero-order valence-electron chi connectivity index (χ0n) is 14.5. The zero-order valence-corrected chi connectivity index (χ0v) is 15.3. The van der Waals surface area contributed by atoms with E-state index in [4.69, 9.17) is 11.6 Å². The van der Waals surface area contributed by atoms with Gasteiger partial charge < -0.3 is 5.32 Å². The van der Waals surface area contributed by atoms with Gasteiger partial charge in [0.1, 0.15) is 0 Å². The molecule has 4 bridgehead atoms. The quantitative estimate of drug-likeness (QED) is 0.730. The maximum Gasteiger partial charge on any atom is 0.416 e. The lowest BCUT2D eigenvalue weighted by Gasteiger charge is -2.59. The molecule has 1 N–H and O–H groups in total. The molecule has 0 aromatic heterocycles. The summed E-state index contributed by atoms with van der Waals surface area (Å²) in [5.41, 5.74) is -0.807. The van der Waals surface area contributed by atoms with Crippen molar-refractivity contribution in [3.05, 3.63) is 35.4 Å². The SMILES string of the molecule is O=C(NCCc1ccccc1C(F)(F)F)C12CC3CC(CC(Cl)(C3)C1)C2. The minimum atomic E-state index is -4.37. The zero-order chi connectivity index (χ0) is 18.6. The van der Waals surface area contributed by atoms with Gasteiger partial charge in [-0.05, 0) is 68.4 Å². The summed E-state index contributed by atoms with van der Waals surface area (Å²) in [4.78, 5) is 12.7. The second kappa shape index (κ2) is 6.15. The average molecular weight is 386 g/mol. The molecule has 4 saturated carbocycles. The Bertz CT molecular complexity index is 703. The summed E-state index contributed by atoms with van der Waals surface area (Å²) in [5.74, 6) is 1.03. The molecule has 2 nitrogen and oxygen atoms in total. The van der Waals surface area contributed by atoms with Crippen molar-refractivity contribution < 1.29 is 18.0 Å². The molecule has 4 fully saturated rings. The van der Waals surface area contributed by atoms with E-state index in [-0.39, 0.29) is 29.3 Å². The fourth-order valence-corrected chi connectivity index (χ4v) is 6.62. The van der Waals surface area contributed by atoms with Crippen molar-refractivity contribution in [2.24, 2.45) is 17.3 Å². The van der Waals surface area contributed by atoms with Crippen molar-refractivity contribution in [1.29, 1.82) is 0 Å². The number of carbonyl (C=O) groups excluding carboxylic acids is 1. The maximum absolute atomic E-state index is 13.1. The van der Waals surface area contributed by atoms with Gasteiger partial charge in [-0.2, -0.15) is 13.2 Å². The standard InChI is InChI=1S/C20H23ClF3NO/c21-19-10-13-7-14(11-19)9-18(8-13,12-19)17(26)25-6-5-15-3-1-2-4-16(15)20(22,23)24/h1-4,13-14H,5-12H2,(H,25,26). The largest absolute Gasteiger partial charge is 0.416 e. The number of hydrogen-bond acceptors (Lipinski definition) is 1. The normalized spacial score (nSPS) is 35.5. The smallest absolute Gasteiger partial charge is 0.355 e. The van der Waals surface area contributed by atoms with Gasteiger partial charge in [-0.15, -0.1) is 11.6 Å². The summed E-state index contributed by atoms with van der Waals surface area (Å²) >= 11 is 6.76. The summed E-state index contributed by atoms with van der Waals surface area (Å²) in [7, 11) is 0. The van der Waals surface area contributed by atoms with E-state index in [1.807, 2.05) is 0 Å². The lowest BCUT2D eigenvalue weighted by molar-refractivity contribution is -0.144. The van der Waals surface area contributed by atoms with Gasteiger partial charge in [-0.1, -0.05) is 18.2 Å². The van der Waals surface area contributed by atoms with Crippen LogP contribution in [0.4, 0.5) is 13.2 Å². The van der Waals surface area contributed by atoms with Gasteiger partial charge in [0.15, 0.2) is 0 Å².